The number of aliphatic imine (C=N–C) groups is 1. The molecule has 0 heterocycles. The average molecular weight is 544 g/mol. The number of carbonyl (C=O) groups is 1. The van der Waals surface area contributed by atoms with E-state index in [-0.39, 0.29) is 49.3 Å². The predicted octanol–water partition coefficient (Wildman–Crippen LogP) is 8.38. The lowest BCUT2D eigenvalue weighted by atomic mass is 9.82. The molecule has 2 aromatic rings. The fourth-order valence-corrected chi connectivity index (χ4v) is 5.53. The lowest BCUT2D eigenvalue weighted by Gasteiger charge is -2.30. The van der Waals surface area contributed by atoms with Gasteiger partial charge in [-0.3, -0.25) is 9.79 Å². The Kier molecular flexibility index (Phi) is 8.28. The highest BCUT2D eigenvalue weighted by Gasteiger charge is 2.42. The summed E-state index contributed by atoms with van der Waals surface area (Å²) in [5.41, 5.74) is 0.560. The summed E-state index contributed by atoms with van der Waals surface area (Å²) in [6.45, 7) is 1.72. The maximum atomic E-state index is 14.3. The number of alkyl halides is 6. The molecular weight excluding hydrogens is 512 g/mol. The van der Waals surface area contributed by atoms with Gasteiger partial charge in [0.15, 0.2) is 0 Å². The minimum absolute atomic E-state index is 0.0186. The number of carboxylic acids is 1. The number of fused-ring (bicyclic) bond motifs is 1. The van der Waals surface area contributed by atoms with Crippen molar-refractivity contribution in [2.45, 2.75) is 76.7 Å². The first kappa shape index (κ1) is 28.2. The Bertz CT molecular complexity index is 1170. The van der Waals surface area contributed by atoms with Crippen molar-refractivity contribution in [2.75, 3.05) is 6.61 Å². The Morgan fingerprint density at radius 3 is 2.21 bits per heavy atom. The Labute approximate surface area is 217 Å². The number of benzene rings is 2. The van der Waals surface area contributed by atoms with Crippen LogP contribution in [-0.2, 0) is 11.0 Å². The normalized spacial score (nSPS) is 23.8. The molecule has 2 aliphatic carbocycles. The molecule has 2 aliphatic rings. The van der Waals surface area contributed by atoms with Crippen LogP contribution in [0.3, 0.4) is 0 Å². The van der Waals surface area contributed by atoms with Crippen LogP contribution in [0.25, 0.3) is 10.8 Å². The second-order valence-electron chi connectivity index (χ2n) is 10.5. The van der Waals surface area contributed by atoms with Crippen LogP contribution in [-0.4, -0.2) is 29.6 Å². The van der Waals surface area contributed by atoms with Crippen molar-refractivity contribution >= 4 is 22.5 Å². The van der Waals surface area contributed by atoms with E-state index in [4.69, 9.17) is 9.84 Å². The Morgan fingerprint density at radius 1 is 1.00 bits per heavy atom. The molecule has 0 amide bonds. The summed E-state index contributed by atoms with van der Waals surface area (Å²) < 4.78 is 87.2. The van der Waals surface area contributed by atoms with Gasteiger partial charge >= 0.3 is 18.3 Å². The number of aliphatic carboxylic acids is 1. The van der Waals surface area contributed by atoms with Crippen LogP contribution in [0.15, 0.2) is 35.3 Å². The van der Waals surface area contributed by atoms with Gasteiger partial charge in [-0.2, -0.15) is 26.3 Å². The second-order valence-corrected chi connectivity index (χ2v) is 10.5. The summed E-state index contributed by atoms with van der Waals surface area (Å²) >= 11 is 0. The SMILES string of the molecule is C[C@@H](N=C1CCC(C(=O)O)CC1)c1ccc2ccc(OCC3CCC(C(F)(F)F)CC3)c(C(F)(F)F)c2c1. The fraction of sp³-hybridized carbons (Fsp3) is 0.571. The van der Waals surface area contributed by atoms with Gasteiger partial charge in [-0.25, -0.2) is 0 Å². The highest BCUT2D eigenvalue weighted by atomic mass is 19.4. The van der Waals surface area contributed by atoms with E-state index in [2.05, 4.69) is 4.99 Å². The lowest BCUT2D eigenvalue weighted by molar-refractivity contribution is -0.184. The van der Waals surface area contributed by atoms with Crippen LogP contribution in [0.2, 0.25) is 0 Å². The van der Waals surface area contributed by atoms with E-state index in [1.807, 2.05) is 0 Å². The largest absolute Gasteiger partial charge is 0.493 e. The van der Waals surface area contributed by atoms with Crippen LogP contribution in [0.1, 0.15) is 75.5 Å². The molecular formula is C28H31F6NO3. The standard InChI is InChI=1S/C28H31F6NO3/c1-16(35-22-11-6-19(7-12-22)26(36)37)20-5-4-18-8-13-24(25(23(18)14-20)28(32,33)34)38-15-17-2-9-21(10-3-17)27(29,30)31/h4-5,8,13-14,16-17,19,21H,2-3,6-7,9-12,15H2,1H3,(H,36,37)/t16-,17?,19?,21?/m1/s1. The van der Waals surface area contributed by atoms with Crippen molar-refractivity contribution in [2.24, 2.45) is 22.7 Å². The van der Waals surface area contributed by atoms with E-state index < -0.39 is 41.8 Å². The van der Waals surface area contributed by atoms with Crippen molar-refractivity contribution in [1.29, 1.82) is 0 Å². The molecule has 1 atom stereocenters. The van der Waals surface area contributed by atoms with Gasteiger partial charge in [-0.05, 0) is 92.7 Å². The van der Waals surface area contributed by atoms with Crippen LogP contribution >= 0.6 is 0 Å². The summed E-state index contributed by atoms with van der Waals surface area (Å²) in [7, 11) is 0. The molecule has 1 N–H and O–H groups in total. The third-order valence-electron chi connectivity index (χ3n) is 7.85. The van der Waals surface area contributed by atoms with Gasteiger partial charge in [0.25, 0.3) is 0 Å². The van der Waals surface area contributed by atoms with E-state index in [1.54, 1.807) is 25.1 Å². The second kappa shape index (κ2) is 11.1. The molecule has 38 heavy (non-hydrogen) atoms. The quantitative estimate of drug-likeness (QED) is 0.372. The molecule has 0 radical (unpaired) electrons. The summed E-state index contributed by atoms with van der Waals surface area (Å²) in [6.07, 6.45) is -6.42. The van der Waals surface area contributed by atoms with Crippen LogP contribution < -0.4 is 4.74 Å². The zero-order chi connectivity index (χ0) is 27.7. The molecule has 0 aromatic heterocycles. The minimum atomic E-state index is -4.70. The third-order valence-corrected chi connectivity index (χ3v) is 7.85. The fourth-order valence-electron chi connectivity index (χ4n) is 5.53. The number of halogens is 6. The van der Waals surface area contributed by atoms with Crippen LogP contribution in [0.5, 0.6) is 5.75 Å². The molecule has 2 fully saturated rings. The van der Waals surface area contributed by atoms with Gasteiger partial charge in [0.1, 0.15) is 11.3 Å². The number of hydrogen-bond acceptors (Lipinski definition) is 3. The highest BCUT2D eigenvalue weighted by Crippen LogP contribution is 2.44. The van der Waals surface area contributed by atoms with Crippen molar-refractivity contribution in [1.82, 2.24) is 0 Å². The number of nitrogens with zero attached hydrogens (tertiary/aromatic N) is 1. The number of carboxylic acid groups (broad SMARTS) is 1. The maximum Gasteiger partial charge on any atom is 0.420 e. The zero-order valence-corrected chi connectivity index (χ0v) is 21.0. The van der Waals surface area contributed by atoms with Crippen molar-refractivity contribution in [3.8, 4) is 5.75 Å². The maximum absolute atomic E-state index is 14.3. The molecule has 2 aromatic carbocycles. The van der Waals surface area contributed by atoms with E-state index >= 15 is 0 Å². The molecule has 10 heteroatoms. The lowest BCUT2D eigenvalue weighted by Crippen LogP contribution is -2.29. The molecule has 0 aliphatic heterocycles. The molecule has 0 unspecified atom stereocenters. The van der Waals surface area contributed by atoms with Gasteiger partial charge < -0.3 is 9.84 Å². The summed E-state index contributed by atoms with van der Waals surface area (Å²) in [4.78, 5) is 15.8. The van der Waals surface area contributed by atoms with Gasteiger partial charge in [0.2, 0.25) is 0 Å². The number of rotatable bonds is 6. The van der Waals surface area contributed by atoms with E-state index in [1.165, 1.54) is 12.1 Å². The summed E-state index contributed by atoms with van der Waals surface area (Å²) in [5.74, 6) is -3.13. The summed E-state index contributed by atoms with van der Waals surface area (Å²) in [5, 5.41) is 9.54. The first-order valence-corrected chi connectivity index (χ1v) is 12.9. The molecule has 0 spiro atoms. The average Bonchev–Trinajstić information content (AvgIpc) is 2.86. The number of hydrogen-bond donors (Lipinski definition) is 1. The Morgan fingerprint density at radius 2 is 1.63 bits per heavy atom. The topological polar surface area (TPSA) is 58.9 Å². The molecule has 0 saturated heterocycles. The highest BCUT2D eigenvalue weighted by molar-refractivity contribution is 5.90. The zero-order valence-electron chi connectivity index (χ0n) is 21.0. The summed E-state index contributed by atoms with van der Waals surface area (Å²) in [6, 6.07) is 7.23. The van der Waals surface area contributed by atoms with Crippen molar-refractivity contribution in [3.05, 3.63) is 41.5 Å². The number of ether oxygens (including phenoxy) is 1. The monoisotopic (exact) mass is 543 g/mol. The smallest absolute Gasteiger partial charge is 0.420 e. The van der Waals surface area contributed by atoms with Gasteiger partial charge in [0, 0.05) is 5.71 Å². The van der Waals surface area contributed by atoms with E-state index in [0.717, 1.165) is 5.71 Å². The minimum Gasteiger partial charge on any atom is -0.493 e. The molecule has 0 bridgehead atoms. The molecule has 4 nitrogen and oxygen atoms in total. The van der Waals surface area contributed by atoms with Crippen molar-refractivity contribution in [3.63, 3.8) is 0 Å². The molecule has 208 valence electrons. The van der Waals surface area contributed by atoms with Crippen molar-refractivity contribution < 1.29 is 41.0 Å². The Balaban J connectivity index is 1.53. The van der Waals surface area contributed by atoms with Gasteiger partial charge in [-0.1, -0.05) is 18.2 Å². The van der Waals surface area contributed by atoms with E-state index in [9.17, 15) is 31.1 Å². The first-order chi connectivity index (χ1) is 17.8. The third kappa shape index (κ3) is 6.61. The first-order valence-electron chi connectivity index (χ1n) is 12.9. The van der Waals surface area contributed by atoms with Gasteiger partial charge in [-0.15, -0.1) is 0 Å². The predicted molar refractivity (Wildman–Crippen MR) is 131 cm³/mol. The Hall–Kier alpha value is -2.78. The van der Waals surface area contributed by atoms with Gasteiger partial charge in [0.05, 0.1) is 24.5 Å². The van der Waals surface area contributed by atoms with Crippen LogP contribution in [0.4, 0.5) is 26.3 Å². The van der Waals surface area contributed by atoms with Crippen LogP contribution in [0, 0.1) is 17.8 Å². The molecule has 4 rings (SSSR count). The molecule has 2 saturated carbocycles. The van der Waals surface area contributed by atoms with E-state index in [0.29, 0.717) is 36.6 Å².